The number of halogens is 1. The average molecular weight is 477 g/mol. The number of unbranched alkanes of at least 4 members (excludes halogenated alkanes) is 15. The molecule has 0 fully saturated rings. The van der Waals surface area contributed by atoms with Crippen LogP contribution in [-0.2, 0) is 0 Å². The molecule has 0 spiro atoms. The van der Waals surface area contributed by atoms with Gasteiger partial charge < -0.3 is 21.5 Å². The van der Waals surface area contributed by atoms with Crippen LogP contribution in [0.5, 0.6) is 0 Å². The van der Waals surface area contributed by atoms with Crippen LogP contribution in [0.15, 0.2) is 0 Å². The fourth-order valence-electron chi connectivity index (χ4n) is 4.70. The van der Waals surface area contributed by atoms with E-state index in [1.54, 1.807) is 0 Å². The zero-order chi connectivity index (χ0) is 20.8. The van der Waals surface area contributed by atoms with Gasteiger partial charge in [0.05, 0.1) is 26.2 Å². The Balaban J connectivity index is 0. The Morgan fingerprint density at radius 3 is 0.793 bits per heavy atom. The zero-order valence-corrected chi connectivity index (χ0v) is 22.7. The van der Waals surface area contributed by atoms with Crippen molar-refractivity contribution >= 4 is 0 Å². The van der Waals surface area contributed by atoms with E-state index in [2.05, 4.69) is 27.7 Å². The van der Waals surface area contributed by atoms with Gasteiger partial charge in [0.15, 0.2) is 0 Å². The highest BCUT2D eigenvalue weighted by Gasteiger charge is 2.25. The van der Waals surface area contributed by atoms with E-state index in [0.29, 0.717) is 0 Å². The van der Waals surface area contributed by atoms with Crippen LogP contribution in [0.25, 0.3) is 0 Å². The van der Waals surface area contributed by atoms with Crippen molar-refractivity contribution in [2.24, 2.45) is 0 Å². The molecule has 2 heteroatoms. The summed E-state index contributed by atoms with van der Waals surface area (Å²) in [5.41, 5.74) is 0. The molecule has 1 nitrogen and oxygen atoms in total. The van der Waals surface area contributed by atoms with E-state index in [4.69, 9.17) is 0 Å². The average Bonchev–Trinajstić information content (AvgIpc) is 2.71. The van der Waals surface area contributed by atoms with Gasteiger partial charge in [-0.25, -0.2) is 0 Å². The molecule has 29 heavy (non-hydrogen) atoms. The van der Waals surface area contributed by atoms with Gasteiger partial charge >= 0.3 is 0 Å². The fourth-order valence-corrected chi connectivity index (χ4v) is 4.70. The first kappa shape index (κ1) is 31.6. The number of hydrogen-bond donors (Lipinski definition) is 0. The third kappa shape index (κ3) is 20.1. The molecule has 0 heterocycles. The Morgan fingerprint density at radius 1 is 0.310 bits per heavy atom. The van der Waals surface area contributed by atoms with Crippen LogP contribution in [-0.4, -0.2) is 30.7 Å². The summed E-state index contributed by atoms with van der Waals surface area (Å²) in [6.45, 7) is 15.2. The minimum absolute atomic E-state index is 0. The van der Waals surface area contributed by atoms with Crippen LogP contribution in [0.3, 0.4) is 0 Å². The smallest absolute Gasteiger partial charge is 0.0786 e. The first-order chi connectivity index (χ1) is 13.7. The maximum absolute atomic E-state index is 2.34. The van der Waals surface area contributed by atoms with E-state index in [0.717, 1.165) is 0 Å². The van der Waals surface area contributed by atoms with Crippen LogP contribution in [0.2, 0.25) is 0 Å². The van der Waals surface area contributed by atoms with Crippen molar-refractivity contribution in [1.82, 2.24) is 0 Å². The number of rotatable bonds is 23. The minimum atomic E-state index is 0. The van der Waals surface area contributed by atoms with Crippen molar-refractivity contribution in [3.8, 4) is 0 Å². The Bertz CT molecular complexity index is 261. The van der Waals surface area contributed by atoms with E-state index in [1.807, 2.05) is 0 Å². The summed E-state index contributed by atoms with van der Waals surface area (Å²) in [6, 6.07) is 0. The van der Waals surface area contributed by atoms with E-state index >= 15 is 0 Å². The van der Waals surface area contributed by atoms with Crippen molar-refractivity contribution < 1.29 is 21.5 Å². The van der Waals surface area contributed by atoms with Crippen LogP contribution < -0.4 is 17.0 Å². The largest absolute Gasteiger partial charge is 1.00 e. The molecular weight excluding hydrogens is 418 g/mol. The second-order valence-electron chi connectivity index (χ2n) is 9.54. The second kappa shape index (κ2) is 24.7. The maximum Gasteiger partial charge on any atom is 0.0786 e. The van der Waals surface area contributed by atoms with E-state index in [9.17, 15) is 0 Å². The maximum atomic E-state index is 2.34. The fraction of sp³-hybridized carbons (Fsp3) is 1.00. The molecule has 0 unspecified atom stereocenters. The van der Waals surface area contributed by atoms with Gasteiger partial charge in [0.25, 0.3) is 0 Å². The lowest BCUT2D eigenvalue weighted by Gasteiger charge is -2.39. The standard InChI is InChI=1S/C27H58N.BrH/c1-5-9-13-17-18-19-23-27-28(24-20-14-10-6-2,25-21-15-11-7-3)26-22-16-12-8-4;/h5-27H2,1-4H3;1H/q+1;/p-1. The van der Waals surface area contributed by atoms with Crippen LogP contribution in [0.4, 0.5) is 0 Å². The zero-order valence-electron chi connectivity index (χ0n) is 21.1. The molecule has 0 aromatic heterocycles. The summed E-state index contributed by atoms with van der Waals surface area (Å²) in [6.07, 6.45) is 27.3. The predicted octanol–water partition coefficient (Wildman–Crippen LogP) is 6.30. The van der Waals surface area contributed by atoms with Crippen LogP contribution >= 0.6 is 0 Å². The predicted molar refractivity (Wildman–Crippen MR) is 130 cm³/mol. The van der Waals surface area contributed by atoms with E-state index in [-0.39, 0.29) is 17.0 Å². The van der Waals surface area contributed by atoms with Gasteiger partial charge in [-0.1, -0.05) is 98.3 Å². The van der Waals surface area contributed by atoms with Gasteiger partial charge in [0, 0.05) is 0 Å². The summed E-state index contributed by atoms with van der Waals surface area (Å²) in [7, 11) is 0. The second-order valence-corrected chi connectivity index (χ2v) is 9.54. The molecule has 0 rings (SSSR count). The van der Waals surface area contributed by atoms with Crippen molar-refractivity contribution in [1.29, 1.82) is 0 Å². The van der Waals surface area contributed by atoms with Gasteiger partial charge in [0.2, 0.25) is 0 Å². The summed E-state index contributed by atoms with van der Waals surface area (Å²) < 4.78 is 1.46. The molecule has 0 saturated heterocycles. The highest BCUT2D eigenvalue weighted by atomic mass is 79.9. The van der Waals surface area contributed by atoms with Crippen LogP contribution in [0.1, 0.15) is 150 Å². The van der Waals surface area contributed by atoms with Crippen LogP contribution in [0, 0.1) is 0 Å². The van der Waals surface area contributed by atoms with Gasteiger partial charge in [-0.3, -0.25) is 0 Å². The number of hydrogen-bond acceptors (Lipinski definition) is 0. The highest BCUT2D eigenvalue weighted by Crippen LogP contribution is 2.20. The van der Waals surface area contributed by atoms with Crippen molar-refractivity contribution in [2.45, 2.75) is 150 Å². The Morgan fingerprint density at radius 2 is 0.517 bits per heavy atom. The third-order valence-electron chi connectivity index (χ3n) is 6.69. The molecule has 0 saturated carbocycles. The first-order valence-corrected chi connectivity index (χ1v) is 13.6. The van der Waals surface area contributed by atoms with Crippen molar-refractivity contribution in [2.75, 3.05) is 26.2 Å². The Kier molecular flexibility index (Phi) is 26.9. The molecule has 0 amide bonds. The number of nitrogens with zero attached hydrogens (tertiary/aromatic N) is 1. The lowest BCUT2D eigenvalue weighted by molar-refractivity contribution is -0.929. The van der Waals surface area contributed by atoms with Gasteiger partial charge in [-0.2, -0.15) is 0 Å². The minimum Gasteiger partial charge on any atom is -1.00 e. The molecule has 0 radical (unpaired) electrons. The van der Waals surface area contributed by atoms with E-state index < -0.39 is 0 Å². The van der Waals surface area contributed by atoms with Crippen molar-refractivity contribution in [3.05, 3.63) is 0 Å². The van der Waals surface area contributed by atoms with E-state index in [1.165, 1.54) is 153 Å². The molecular formula is C27H58BrN. The lowest BCUT2D eigenvalue weighted by atomic mass is 10.1. The Hall–Kier alpha value is 0.440. The molecule has 178 valence electrons. The topological polar surface area (TPSA) is 0 Å². The molecule has 0 aliphatic rings. The molecule has 0 bridgehead atoms. The number of quaternary nitrogens is 1. The quantitative estimate of drug-likeness (QED) is 0.120. The molecule has 0 aliphatic carbocycles. The summed E-state index contributed by atoms with van der Waals surface area (Å²) in [4.78, 5) is 0. The van der Waals surface area contributed by atoms with Gasteiger partial charge in [-0.05, 0) is 51.4 Å². The SMILES string of the molecule is CCCCCCCCC[N+](CCCCCC)(CCCCCC)CCCCCC.[Br-]. The lowest BCUT2D eigenvalue weighted by Crippen LogP contribution is -3.00. The third-order valence-corrected chi connectivity index (χ3v) is 6.69. The highest BCUT2D eigenvalue weighted by molar-refractivity contribution is 4.54. The summed E-state index contributed by atoms with van der Waals surface area (Å²) in [5, 5.41) is 0. The summed E-state index contributed by atoms with van der Waals surface area (Å²) in [5.74, 6) is 0. The van der Waals surface area contributed by atoms with Gasteiger partial charge in [-0.15, -0.1) is 0 Å². The molecule has 0 aliphatic heterocycles. The molecule has 0 aromatic carbocycles. The monoisotopic (exact) mass is 475 g/mol. The normalized spacial score (nSPS) is 11.6. The summed E-state index contributed by atoms with van der Waals surface area (Å²) >= 11 is 0. The molecule has 0 atom stereocenters. The van der Waals surface area contributed by atoms with Crippen molar-refractivity contribution in [3.63, 3.8) is 0 Å². The Labute approximate surface area is 197 Å². The molecule has 0 aromatic rings. The first-order valence-electron chi connectivity index (χ1n) is 13.6. The molecule has 0 N–H and O–H groups in total. The van der Waals surface area contributed by atoms with Gasteiger partial charge in [0.1, 0.15) is 0 Å².